The maximum atomic E-state index is 11.9. The van der Waals surface area contributed by atoms with Gasteiger partial charge in [0.25, 0.3) is 0 Å². The minimum absolute atomic E-state index is 0.0255. The summed E-state index contributed by atoms with van der Waals surface area (Å²) in [5, 5.41) is 6.16. The highest BCUT2D eigenvalue weighted by Gasteiger charge is 2.10. The van der Waals surface area contributed by atoms with E-state index in [0.717, 1.165) is 23.6 Å². The van der Waals surface area contributed by atoms with Gasteiger partial charge in [0, 0.05) is 44.1 Å². The number of guanidine groups is 1. The Morgan fingerprint density at radius 3 is 2.54 bits per heavy atom. The van der Waals surface area contributed by atoms with Crippen molar-refractivity contribution in [1.82, 2.24) is 15.1 Å². The van der Waals surface area contributed by atoms with Crippen molar-refractivity contribution >= 4 is 34.8 Å². The van der Waals surface area contributed by atoms with Crippen LogP contribution in [0.5, 0.6) is 0 Å². The average molecular weight is 393 g/mol. The Balaban J connectivity index is 2.00. The van der Waals surface area contributed by atoms with Crippen molar-refractivity contribution in [2.45, 2.75) is 13.0 Å². The molecule has 0 spiro atoms. The van der Waals surface area contributed by atoms with Crippen LogP contribution in [-0.2, 0) is 17.8 Å². The summed E-state index contributed by atoms with van der Waals surface area (Å²) in [7, 11) is 5.43. The van der Waals surface area contributed by atoms with E-state index >= 15 is 0 Å². The maximum Gasteiger partial charge on any atom is 0.243 e. The number of aliphatic imine (C=N–C) groups is 1. The molecular weight excluding hydrogens is 368 g/mol. The van der Waals surface area contributed by atoms with Crippen LogP contribution < -0.4 is 5.32 Å². The molecule has 5 nitrogen and oxygen atoms in total. The molecule has 0 saturated carbocycles. The number of hydrogen-bond donors (Lipinski definition) is 1. The van der Waals surface area contributed by atoms with Crippen LogP contribution >= 0.6 is 22.9 Å². The summed E-state index contributed by atoms with van der Waals surface area (Å²) < 4.78 is 0. The lowest BCUT2D eigenvalue weighted by Crippen LogP contribution is -2.40. The van der Waals surface area contributed by atoms with E-state index in [2.05, 4.69) is 27.8 Å². The number of rotatable bonds is 7. The Kier molecular flexibility index (Phi) is 7.94. The van der Waals surface area contributed by atoms with E-state index in [-0.39, 0.29) is 12.5 Å². The highest BCUT2D eigenvalue weighted by atomic mass is 35.5. The average Bonchev–Trinajstić information content (AvgIpc) is 3.12. The first-order valence-electron chi connectivity index (χ1n) is 8.42. The number of carbonyl (C=O) groups excluding carboxylic acids is 1. The SMILES string of the molecule is CN(C)C(=O)CN=C(NCCc1cccs1)N(C)Cc1ccc(Cl)cc1. The molecular formula is C19H25ClN4OS. The monoisotopic (exact) mass is 392 g/mol. The molecule has 0 aliphatic heterocycles. The van der Waals surface area contributed by atoms with E-state index in [0.29, 0.717) is 12.5 Å². The van der Waals surface area contributed by atoms with E-state index in [9.17, 15) is 4.79 Å². The summed E-state index contributed by atoms with van der Waals surface area (Å²) in [5.41, 5.74) is 1.13. The Hall–Kier alpha value is -2.05. The van der Waals surface area contributed by atoms with E-state index in [4.69, 9.17) is 11.6 Å². The molecule has 0 aliphatic carbocycles. The van der Waals surface area contributed by atoms with Crippen molar-refractivity contribution in [1.29, 1.82) is 0 Å². The minimum atomic E-state index is -0.0255. The molecule has 2 aromatic rings. The van der Waals surface area contributed by atoms with Crippen molar-refractivity contribution in [3.05, 3.63) is 57.2 Å². The number of nitrogens with zero attached hydrogens (tertiary/aromatic N) is 3. The van der Waals surface area contributed by atoms with Gasteiger partial charge >= 0.3 is 0 Å². The normalized spacial score (nSPS) is 11.3. The first kappa shape index (κ1) is 20.3. The van der Waals surface area contributed by atoms with Crippen molar-refractivity contribution in [3.8, 4) is 0 Å². The molecule has 1 N–H and O–H groups in total. The number of likely N-dealkylation sites (N-methyl/N-ethyl adjacent to an activating group) is 1. The van der Waals surface area contributed by atoms with Gasteiger partial charge in [-0.2, -0.15) is 0 Å². The first-order chi connectivity index (χ1) is 12.5. The van der Waals surface area contributed by atoms with Crippen LogP contribution in [0.1, 0.15) is 10.4 Å². The zero-order valence-corrected chi connectivity index (χ0v) is 17.0. The summed E-state index contributed by atoms with van der Waals surface area (Å²) >= 11 is 7.69. The lowest BCUT2D eigenvalue weighted by Gasteiger charge is -2.23. The third-order valence-electron chi connectivity index (χ3n) is 3.79. The number of carbonyl (C=O) groups is 1. The summed E-state index contributed by atoms with van der Waals surface area (Å²) in [6, 6.07) is 11.9. The van der Waals surface area contributed by atoms with Crippen molar-refractivity contribution < 1.29 is 4.79 Å². The van der Waals surface area contributed by atoms with Gasteiger partial charge < -0.3 is 15.1 Å². The van der Waals surface area contributed by atoms with Crippen molar-refractivity contribution in [3.63, 3.8) is 0 Å². The third kappa shape index (κ3) is 6.69. The molecule has 1 heterocycles. The smallest absolute Gasteiger partial charge is 0.243 e. The Morgan fingerprint density at radius 2 is 1.92 bits per heavy atom. The zero-order valence-electron chi connectivity index (χ0n) is 15.4. The van der Waals surface area contributed by atoms with Gasteiger partial charge in [0.05, 0.1) is 0 Å². The largest absolute Gasteiger partial charge is 0.356 e. The van der Waals surface area contributed by atoms with Crippen LogP contribution in [0.2, 0.25) is 5.02 Å². The molecule has 0 aliphatic rings. The van der Waals surface area contributed by atoms with Gasteiger partial charge in [0.1, 0.15) is 6.54 Å². The van der Waals surface area contributed by atoms with E-state index in [1.165, 1.54) is 4.88 Å². The van der Waals surface area contributed by atoms with Gasteiger partial charge in [-0.3, -0.25) is 4.79 Å². The second-order valence-corrected chi connectivity index (χ2v) is 7.64. The molecule has 0 bridgehead atoms. The molecule has 1 aromatic carbocycles. The highest BCUT2D eigenvalue weighted by Crippen LogP contribution is 2.11. The Morgan fingerprint density at radius 1 is 1.19 bits per heavy atom. The van der Waals surface area contributed by atoms with Gasteiger partial charge in [-0.1, -0.05) is 29.8 Å². The van der Waals surface area contributed by atoms with Gasteiger partial charge in [0.2, 0.25) is 5.91 Å². The lowest BCUT2D eigenvalue weighted by atomic mass is 10.2. The molecule has 0 fully saturated rings. The lowest BCUT2D eigenvalue weighted by molar-refractivity contribution is -0.127. The fourth-order valence-electron chi connectivity index (χ4n) is 2.29. The zero-order chi connectivity index (χ0) is 18.9. The molecule has 7 heteroatoms. The Bertz CT molecular complexity index is 714. The predicted octanol–water partition coefficient (Wildman–Crippen LogP) is 3.11. The molecule has 0 radical (unpaired) electrons. The quantitative estimate of drug-likeness (QED) is 0.581. The molecule has 2 rings (SSSR count). The molecule has 26 heavy (non-hydrogen) atoms. The predicted molar refractivity (Wildman–Crippen MR) is 110 cm³/mol. The van der Waals surface area contributed by atoms with E-state index in [1.807, 2.05) is 36.2 Å². The second kappa shape index (κ2) is 10.2. The fourth-order valence-corrected chi connectivity index (χ4v) is 3.12. The number of nitrogens with one attached hydrogen (secondary N) is 1. The maximum absolute atomic E-state index is 11.9. The van der Waals surface area contributed by atoms with Crippen LogP contribution in [0.3, 0.4) is 0 Å². The molecule has 0 saturated heterocycles. The molecule has 1 amide bonds. The number of thiophene rings is 1. The summed E-state index contributed by atoms with van der Waals surface area (Å²) in [5.74, 6) is 0.689. The van der Waals surface area contributed by atoms with Crippen LogP contribution in [-0.4, -0.2) is 55.9 Å². The van der Waals surface area contributed by atoms with Crippen molar-refractivity contribution in [2.75, 3.05) is 34.2 Å². The molecule has 140 valence electrons. The van der Waals surface area contributed by atoms with Crippen LogP contribution in [0, 0.1) is 0 Å². The fraction of sp³-hybridized carbons (Fsp3) is 0.368. The van der Waals surface area contributed by atoms with E-state index in [1.54, 1.807) is 30.3 Å². The summed E-state index contributed by atoms with van der Waals surface area (Å²) in [6.07, 6.45) is 0.924. The van der Waals surface area contributed by atoms with Gasteiger partial charge in [-0.05, 0) is 35.6 Å². The van der Waals surface area contributed by atoms with E-state index < -0.39 is 0 Å². The van der Waals surface area contributed by atoms with Gasteiger partial charge in [-0.15, -0.1) is 11.3 Å². The van der Waals surface area contributed by atoms with Gasteiger partial charge in [-0.25, -0.2) is 4.99 Å². The number of benzene rings is 1. The summed E-state index contributed by atoms with van der Waals surface area (Å²) in [4.78, 5) is 21.3. The Labute approximate surface area is 164 Å². The second-order valence-electron chi connectivity index (χ2n) is 6.17. The number of halogens is 1. The number of hydrogen-bond acceptors (Lipinski definition) is 3. The van der Waals surface area contributed by atoms with Gasteiger partial charge in [0.15, 0.2) is 5.96 Å². The summed E-state index contributed by atoms with van der Waals surface area (Å²) in [6.45, 7) is 1.57. The molecule has 1 aromatic heterocycles. The molecule has 0 unspecified atom stereocenters. The first-order valence-corrected chi connectivity index (χ1v) is 9.68. The van der Waals surface area contributed by atoms with Crippen LogP contribution in [0.15, 0.2) is 46.8 Å². The highest BCUT2D eigenvalue weighted by molar-refractivity contribution is 7.09. The standard InChI is InChI=1S/C19H25ClN4OS/c1-23(2)18(25)13-22-19(21-11-10-17-5-4-12-26-17)24(3)14-15-6-8-16(20)9-7-15/h4-9,12H,10-11,13-14H2,1-3H3,(H,21,22). The van der Waals surface area contributed by atoms with Crippen LogP contribution in [0.25, 0.3) is 0 Å². The topological polar surface area (TPSA) is 47.9 Å². The number of amides is 1. The van der Waals surface area contributed by atoms with Crippen molar-refractivity contribution in [2.24, 2.45) is 4.99 Å². The third-order valence-corrected chi connectivity index (χ3v) is 4.98. The molecule has 0 atom stereocenters. The van der Waals surface area contributed by atoms with Crippen LogP contribution in [0.4, 0.5) is 0 Å². The minimum Gasteiger partial charge on any atom is -0.356 e.